The van der Waals surface area contributed by atoms with E-state index < -0.39 is 11.6 Å². The summed E-state index contributed by atoms with van der Waals surface area (Å²) in [7, 11) is 1.55. The Kier molecular flexibility index (Phi) is 4.35. The number of aryl methyl sites for hydroxylation is 1. The van der Waals surface area contributed by atoms with Crippen molar-refractivity contribution in [2.45, 2.75) is 6.92 Å². The van der Waals surface area contributed by atoms with E-state index >= 15 is 0 Å². The Balaban J connectivity index is 2.09. The first-order valence-corrected chi connectivity index (χ1v) is 6.17. The molecular weight excluding hydrogens is 259 g/mol. The van der Waals surface area contributed by atoms with E-state index in [1.54, 1.807) is 31.4 Å². The summed E-state index contributed by atoms with van der Waals surface area (Å²) in [6.45, 7) is 1.65. The van der Waals surface area contributed by atoms with Crippen LogP contribution in [0.2, 0.25) is 0 Å². The lowest BCUT2D eigenvalue weighted by Gasteiger charge is -2.10. The van der Waals surface area contributed by atoms with Crippen LogP contribution in [0.25, 0.3) is 0 Å². The second-order valence-electron chi connectivity index (χ2n) is 4.32. The number of hydrogen-bond donors (Lipinski definition) is 0. The summed E-state index contributed by atoms with van der Waals surface area (Å²) in [5.41, 5.74) is 0.917. The number of methoxy groups -OCH3 is 1. The van der Waals surface area contributed by atoms with Gasteiger partial charge in [-0.1, -0.05) is 18.2 Å². The maximum atomic E-state index is 13.5. The fourth-order valence-electron chi connectivity index (χ4n) is 1.77. The summed E-state index contributed by atoms with van der Waals surface area (Å²) < 4.78 is 24.0. The van der Waals surface area contributed by atoms with Crippen LogP contribution in [0.4, 0.5) is 4.39 Å². The average molecular weight is 274 g/mol. The third kappa shape index (κ3) is 3.15. The molecule has 0 aliphatic rings. The second kappa shape index (κ2) is 6.19. The number of Topliss-reactive ketones (excluding diaryl/α,β-unsaturated/α-hetero) is 1. The zero-order valence-corrected chi connectivity index (χ0v) is 11.4. The minimum absolute atomic E-state index is 0.0352. The predicted molar refractivity (Wildman–Crippen MR) is 74.0 cm³/mol. The van der Waals surface area contributed by atoms with E-state index in [2.05, 4.69) is 0 Å². The van der Waals surface area contributed by atoms with Crippen molar-refractivity contribution in [3.63, 3.8) is 0 Å². The van der Waals surface area contributed by atoms with Crippen molar-refractivity contribution in [3.8, 4) is 11.5 Å². The fraction of sp³-hybridized carbons (Fsp3) is 0.188. The van der Waals surface area contributed by atoms with Gasteiger partial charge in [0.1, 0.15) is 17.3 Å². The average Bonchev–Trinajstić information content (AvgIpc) is 2.46. The molecule has 3 nitrogen and oxygen atoms in total. The lowest BCUT2D eigenvalue weighted by atomic mass is 10.1. The molecule has 0 N–H and O–H groups in total. The Morgan fingerprint density at radius 1 is 1.20 bits per heavy atom. The van der Waals surface area contributed by atoms with E-state index in [1.807, 2.05) is 13.0 Å². The molecule has 0 amide bonds. The first-order valence-electron chi connectivity index (χ1n) is 6.17. The standard InChI is InChI=1S/C16H15FO3/c1-11-7-8-12(19-2)9-16(11)20-10-15(18)13-5-3-4-6-14(13)17/h3-9H,10H2,1-2H3. The lowest BCUT2D eigenvalue weighted by Crippen LogP contribution is -2.13. The molecule has 0 radical (unpaired) electrons. The highest BCUT2D eigenvalue weighted by molar-refractivity contribution is 5.97. The summed E-state index contributed by atoms with van der Waals surface area (Å²) in [6.07, 6.45) is 0. The number of benzene rings is 2. The van der Waals surface area contributed by atoms with Crippen LogP contribution in [0.15, 0.2) is 42.5 Å². The zero-order chi connectivity index (χ0) is 14.5. The molecule has 0 spiro atoms. The molecule has 0 bridgehead atoms. The molecule has 0 heterocycles. The summed E-state index contributed by atoms with van der Waals surface area (Å²) in [4.78, 5) is 11.9. The number of rotatable bonds is 5. The highest BCUT2D eigenvalue weighted by atomic mass is 19.1. The van der Waals surface area contributed by atoms with Crippen LogP contribution in [0.5, 0.6) is 11.5 Å². The fourth-order valence-corrected chi connectivity index (χ4v) is 1.77. The van der Waals surface area contributed by atoms with Gasteiger partial charge in [0.25, 0.3) is 0 Å². The van der Waals surface area contributed by atoms with Gasteiger partial charge in [-0.3, -0.25) is 4.79 Å². The normalized spacial score (nSPS) is 10.2. The Bertz CT molecular complexity index is 623. The summed E-state index contributed by atoms with van der Waals surface area (Å²) >= 11 is 0. The van der Waals surface area contributed by atoms with E-state index in [-0.39, 0.29) is 12.2 Å². The Morgan fingerprint density at radius 2 is 1.95 bits per heavy atom. The number of hydrogen-bond acceptors (Lipinski definition) is 3. The van der Waals surface area contributed by atoms with E-state index in [1.165, 1.54) is 12.1 Å². The first kappa shape index (κ1) is 14.1. The minimum atomic E-state index is -0.538. The molecule has 2 rings (SSSR count). The van der Waals surface area contributed by atoms with Crippen molar-refractivity contribution in [1.29, 1.82) is 0 Å². The molecule has 0 saturated carbocycles. The van der Waals surface area contributed by atoms with Crippen LogP contribution in [-0.2, 0) is 0 Å². The smallest absolute Gasteiger partial charge is 0.203 e. The number of carbonyl (C=O) groups is 1. The molecule has 0 unspecified atom stereocenters. The van der Waals surface area contributed by atoms with E-state index in [9.17, 15) is 9.18 Å². The number of halogens is 1. The SMILES string of the molecule is COc1ccc(C)c(OCC(=O)c2ccccc2F)c1. The van der Waals surface area contributed by atoms with Gasteiger partial charge in [0, 0.05) is 6.07 Å². The minimum Gasteiger partial charge on any atom is -0.497 e. The molecule has 2 aromatic carbocycles. The molecule has 0 aliphatic carbocycles. The zero-order valence-electron chi connectivity index (χ0n) is 11.4. The van der Waals surface area contributed by atoms with Gasteiger partial charge in [0.2, 0.25) is 5.78 Å². The summed E-state index contributed by atoms with van der Waals surface area (Å²) in [5.74, 6) is 0.256. The van der Waals surface area contributed by atoms with E-state index in [4.69, 9.17) is 9.47 Å². The number of ether oxygens (including phenoxy) is 2. The Hall–Kier alpha value is -2.36. The Morgan fingerprint density at radius 3 is 2.65 bits per heavy atom. The maximum absolute atomic E-state index is 13.5. The van der Waals surface area contributed by atoms with Crippen molar-refractivity contribution in [2.75, 3.05) is 13.7 Å². The molecular formula is C16H15FO3. The van der Waals surface area contributed by atoms with Gasteiger partial charge in [-0.15, -0.1) is 0 Å². The van der Waals surface area contributed by atoms with Crippen LogP contribution in [-0.4, -0.2) is 19.5 Å². The van der Waals surface area contributed by atoms with Crippen molar-refractivity contribution in [1.82, 2.24) is 0 Å². The third-order valence-corrected chi connectivity index (χ3v) is 2.93. The molecule has 0 aliphatic heterocycles. The van der Waals surface area contributed by atoms with Gasteiger partial charge in [-0.25, -0.2) is 4.39 Å². The van der Waals surface area contributed by atoms with Gasteiger partial charge in [-0.05, 0) is 30.7 Å². The molecule has 0 saturated heterocycles. The molecule has 20 heavy (non-hydrogen) atoms. The lowest BCUT2D eigenvalue weighted by molar-refractivity contribution is 0.0917. The third-order valence-electron chi connectivity index (χ3n) is 2.93. The second-order valence-corrected chi connectivity index (χ2v) is 4.32. The molecule has 104 valence electrons. The topological polar surface area (TPSA) is 35.5 Å². The molecule has 0 fully saturated rings. The van der Waals surface area contributed by atoms with Crippen LogP contribution in [0, 0.1) is 12.7 Å². The van der Waals surface area contributed by atoms with Crippen LogP contribution < -0.4 is 9.47 Å². The van der Waals surface area contributed by atoms with Gasteiger partial charge >= 0.3 is 0 Å². The highest BCUT2D eigenvalue weighted by Gasteiger charge is 2.12. The molecule has 2 aromatic rings. The number of carbonyl (C=O) groups excluding carboxylic acids is 1. The van der Waals surface area contributed by atoms with Gasteiger partial charge < -0.3 is 9.47 Å². The highest BCUT2D eigenvalue weighted by Crippen LogP contribution is 2.24. The number of ketones is 1. The van der Waals surface area contributed by atoms with Crippen molar-refractivity contribution >= 4 is 5.78 Å². The molecule has 0 atom stereocenters. The van der Waals surface area contributed by atoms with E-state index in [0.717, 1.165) is 5.56 Å². The molecule has 4 heteroatoms. The largest absolute Gasteiger partial charge is 0.497 e. The quantitative estimate of drug-likeness (QED) is 0.784. The van der Waals surface area contributed by atoms with Crippen LogP contribution in [0.1, 0.15) is 15.9 Å². The molecule has 0 aromatic heterocycles. The van der Waals surface area contributed by atoms with Crippen molar-refractivity contribution in [3.05, 3.63) is 59.4 Å². The van der Waals surface area contributed by atoms with Crippen molar-refractivity contribution < 1.29 is 18.7 Å². The van der Waals surface area contributed by atoms with Crippen LogP contribution >= 0.6 is 0 Å². The van der Waals surface area contributed by atoms with Gasteiger partial charge in [0.15, 0.2) is 6.61 Å². The van der Waals surface area contributed by atoms with Crippen LogP contribution in [0.3, 0.4) is 0 Å². The van der Waals surface area contributed by atoms with Crippen molar-refractivity contribution in [2.24, 2.45) is 0 Å². The monoisotopic (exact) mass is 274 g/mol. The Labute approximate surface area is 117 Å². The summed E-state index contributed by atoms with van der Waals surface area (Å²) in [5, 5.41) is 0. The maximum Gasteiger partial charge on any atom is 0.203 e. The van der Waals surface area contributed by atoms with Gasteiger partial charge in [-0.2, -0.15) is 0 Å². The first-order chi connectivity index (χ1) is 9.61. The predicted octanol–water partition coefficient (Wildman–Crippen LogP) is 3.40. The van der Waals surface area contributed by atoms with E-state index in [0.29, 0.717) is 11.5 Å². The summed E-state index contributed by atoms with van der Waals surface area (Å²) in [6, 6.07) is 11.2. The van der Waals surface area contributed by atoms with Gasteiger partial charge in [0.05, 0.1) is 12.7 Å².